The number of hydrogen-bond donors (Lipinski definition) is 2. The minimum absolute atomic E-state index is 0.126. The number of primary amides is 1. The molecule has 8 nitrogen and oxygen atoms in total. The number of halogens is 1. The van der Waals surface area contributed by atoms with Crippen molar-refractivity contribution < 1.29 is 19.1 Å². The minimum atomic E-state index is -0.677. The van der Waals surface area contributed by atoms with Gasteiger partial charge in [0.05, 0.1) is 26.7 Å². The van der Waals surface area contributed by atoms with Crippen LogP contribution in [0.15, 0.2) is 4.47 Å². The van der Waals surface area contributed by atoms with Crippen molar-refractivity contribution in [2.24, 2.45) is 12.8 Å². The summed E-state index contributed by atoms with van der Waals surface area (Å²) in [6.45, 7) is 6.77. The highest BCUT2D eigenvalue weighted by atomic mass is 79.9. The molecule has 0 aromatic carbocycles. The maximum atomic E-state index is 12.7. The van der Waals surface area contributed by atoms with E-state index in [-0.39, 0.29) is 27.2 Å². The van der Waals surface area contributed by atoms with Gasteiger partial charge in [-0.25, -0.2) is 4.79 Å². The van der Waals surface area contributed by atoms with Gasteiger partial charge >= 0.3 is 5.97 Å². The van der Waals surface area contributed by atoms with Crippen molar-refractivity contribution in [3.63, 3.8) is 0 Å². The van der Waals surface area contributed by atoms with E-state index in [1.54, 1.807) is 34.7 Å². The molecular weight excluding hydrogens is 424 g/mol. The van der Waals surface area contributed by atoms with Gasteiger partial charge in [-0.1, -0.05) is 0 Å². The second-order valence-electron chi connectivity index (χ2n) is 5.90. The predicted molar refractivity (Wildman–Crippen MR) is 102 cm³/mol. The predicted octanol–water partition coefficient (Wildman–Crippen LogP) is 2.78. The molecule has 2 rings (SSSR count). The van der Waals surface area contributed by atoms with Gasteiger partial charge in [-0.05, 0) is 49.2 Å². The van der Waals surface area contributed by atoms with Crippen molar-refractivity contribution in [1.29, 1.82) is 0 Å². The lowest BCUT2D eigenvalue weighted by atomic mass is 10.1. The summed E-state index contributed by atoms with van der Waals surface area (Å²) in [6, 6.07) is 0. The smallest absolute Gasteiger partial charge is 0.341 e. The zero-order valence-corrected chi connectivity index (χ0v) is 17.4. The highest BCUT2D eigenvalue weighted by molar-refractivity contribution is 9.10. The molecule has 0 bridgehead atoms. The molecule has 0 aliphatic carbocycles. The number of carbonyl (C=O) groups excluding carboxylic acids is 3. The number of aryl methyl sites for hydroxylation is 2. The molecule has 140 valence electrons. The van der Waals surface area contributed by atoms with Crippen LogP contribution in [0.25, 0.3) is 0 Å². The number of rotatable bonds is 5. The molecule has 0 unspecified atom stereocenters. The largest absolute Gasteiger partial charge is 0.459 e. The number of nitrogens with one attached hydrogen (secondary N) is 1. The first-order valence-corrected chi connectivity index (χ1v) is 9.30. The lowest BCUT2D eigenvalue weighted by molar-refractivity contribution is 0.0379. The number of hydrogen-bond acceptors (Lipinski definition) is 6. The Morgan fingerprint density at radius 1 is 1.31 bits per heavy atom. The summed E-state index contributed by atoms with van der Waals surface area (Å²) in [5.74, 6) is -1.78. The van der Waals surface area contributed by atoms with Crippen LogP contribution in [0, 0.1) is 13.8 Å². The number of nitrogens with two attached hydrogens (primary N) is 1. The van der Waals surface area contributed by atoms with Crippen molar-refractivity contribution in [3.8, 4) is 0 Å². The Morgan fingerprint density at radius 2 is 1.92 bits per heavy atom. The van der Waals surface area contributed by atoms with E-state index in [0.29, 0.717) is 15.7 Å². The van der Waals surface area contributed by atoms with Crippen LogP contribution in [0.3, 0.4) is 0 Å². The van der Waals surface area contributed by atoms with Crippen LogP contribution in [0.1, 0.15) is 55.6 Å². The standard InChI is InChI=1S/C16H19BrN4O4S/c1-6(2)25-16(24)9-7(3)12(13(18)22)26-15(9)19-14(23)11-10(17)8(4)20-21(11)5/h6H,1-5H3,(H2,18,22)(H,19,23). The summed E-state index contributed by atoms with van der Waals surface area (Å²) >= 11 is 4.27. The van der Waals surface area contributed by atoms with E-state index in [1.165, 1.54) is 4.68 Å². The molecule has 10 heteroatoms. The van der Waals surface area contributed by atoms with Gasteiger partial charge in [-0.2, -0.15) is 5.10 Å². The van der Waals surface area contributed by atoms with Crippen LogP contribution < -0.4 is 11.1 Å². The summed E-state index contributed by atoms with van der Waals surface area (Å²) in [5.41, 5.74) is 6.82. The molecule has 3 N–H and O–H groups in total. The number of esters is 1. The maximum Gasteiger partial charge on any atom is 0.341 e. The van der Waals surface area contributed by atoms with E-state index >= 15 is 0 Å². The zero-order chi connectivity index (χ0) is 19.8. The minimum Gasteiger partial charge on any atom is -0.459 e. The lowest BCUT2D eigenvalue weighted by Crippen LogP contribution is -2.19. The van der Waals surface area contributed by atoms with Crippen LogP contribution >= 0.6 is 27.3 Å². The summed E-state index contributed by atoms with van der Waals surface area (Å²) in [5, 5.41) is 7.05. The fourth-order valence-electron chi connectivity index (χ4n) is 2.40. The van der Waals surface area contributed by atoms with E-state index in [9.17, 15) is 14.4 Å². The van der Waals surface area contributed by atoms with Crippen molar-refractivity contribution in [3.05, 3.63) is 31.9 Å². The number of amides is 2. The Hall–Kier alpha value is -2.20. The van der Waals surface area contributed by atoms with Gasteiger partial charge < -0.3 is 15.8 Å². The molecule has 2 aromatic rings. The number of nitrogens with zero attached hydrogens (tertiary/aromatic N) is 2. The van der Waals surface area contributed by atoms with Crippen LogP contribution in [-0.2, 0) is 11.8 Å². The fraction of sp³-hybridized carbons (Fsp3) is 0.375. The lowest BCUT2D eigenvalue weighted by Gasteiger charge is -2.10. The molecular formula is C16H19BrN4O4S. The van der Waals surface area contributed by atoms with Gasteiger partial charge in [-0.3, -0.25) is 14.3 Å². The van der Waals surface area contributed by atoms with Crippen molar-refractivity contribution in [1.82, 2.24) is 9.78 Å². The number of aromatic nitrogens is 2. The van der Waals surface area contributed by atoms with Gasteiger partial charge in [-0.15, -0.1) is 11.3 Å². The van der Waals surface area contributed by atoms with E-state index in [4.69, 9.17) is 10.5 Å². The molecule has 0 saturated heterocycles. The highest BCUT2D eigenvalue weighted by Crippen LogP contribution is 2.34. The maximum absolute atomic E-state index is 12.7. The fourth-order valence-corrected chi connectivity index (χ4v) is 3.95. The number of carbonyl (C=O) groups is 3. The quantitative estimate of drug-likeness (QED) is 0.690. The summed E-state index contributed by atoms with van der Waals surface area (Å²) < 4.78 is 7.20. The molecule has 0 spiro atoms. The molecule has 0 aliphatic rings. The van der Waals surface area contributed by atoms with Crippen LogP contribution in [0.4, 0.5) is 5.00 Å². The van der Waals surface area contributed by atoms with Gasteiger partial charge in [0.1, 0.15) is 10.7 Å². The van der Waals surface area contributed by atoms with Gasteiger partial charge in [0.25, 0.3) is 11.8 Å². The van der Waals surface area contributed by atoms with Crippen molar-refractivity contribution in [2.45, 2.75) is 33.8 Å². The number of ether oxygens (including phenoxy) is 1. The average molecular weight is 443 g/mol. The van der Waals surface area contributed by atoms with Crippen LogP contribution in [0.5, 0.6) is 0 Å². The van der Waals surface area contributed by atoms with Crippen LogP contribution in [0.2, 0.25) is 0 Å². The average Bonchev–Trinajstić information content (AvgIpc) is 2.95. The number of thiophene rings is 1. The topological polar surface area (TPSA) is 116 Å². The van der Waals surface area contributed by atoms with E-state index in [1.807, 2.05) is 0 Å². The normalized spacial score (nSPS) is 10.9. The number of anilines is 1. The molecule has 0 saturated carbocycles. The molecule has 2 aromatic heterocycles. The first-order valence-electron chi connectivity index (χ1n) is 7.69. The highest BCUT2D eigenvalue weighted by Gasteiger charge is 2.28. The molecule has 0 aliphatic heterocycles. The first kappa shape index (κ1) is 20.1. The van der Waals surface area contributed by atoms with Crippen molar-refractivity contribution in [2.75, 3.05) is 5.32 Å². The SMILES string of the molecule is Cc1nn(C)c(C(=O)Nc2sc(C(N)=O)c(C)c2C(=O)OC(C)C)c1Br. The summed E-state index contributed by atoms with van der Waals surface area (Å²) in [4.78, 5) is 37.0. The Balaban J connectivity index is 2.48. The van der Waals surface area contributed by atoms with Crippen LogP contribution in [-0.4, -0.2) is 33.7 Å². The summed E-state index contributed by atoms with van der Waals surface area (Å²) in [6.07, 6.45) is -0.351. The van der Waals surface area contributed by atoms with Gasteiger partial charge in [0.15, 0.2) is 0 Å². The Morgan fingerprint density at radius 3 is 2.38 bits per heavy atom. The van der Waals surface area contributed by atoms with Gasteiger partial charge in [0, 0.05) is 7.05 Å². The van der Waals surface area contributed by atoms with E-state index in [2.05, 4.69) is 26.3 Å². The second-order valence-corrected chi connectivity index (χ2v) is 7.72. The first-order chi connectivity index (χ1) is 12.0. The third kappa shape index (κ3) is 3.80. The molecule has 2 heterocycles. The molecule has 0 fully saturated rings. The molecule has 26 heavy (non-hydrogen) atoms. The Labute approximate surface area is 162 Å². The van der Waals surface area contributed by atoms with Gasteiger partial charge in [0.2, 0.25) is 0 Å². The van der Waals surface area contributed by atoms with E-state index in [0.717, 1.165) is 11.3 Å². The Kier molecular flexibility index (Phi) is 5.87. The molecule has 0 atom stereocenters. The molecule has 0 radical (unpaired) electrons. The second kappa shape index (κ2) is 7.58. The Bertz CT molecular complexity index is 901. The molecule has 2 amide bonds. The van der Waals surface area contributed by atoms with E-state index < -0.39 is 17.8 Å². The zero-order valence-electron chi connectivity index (χ0n) is 15.0. The third-order valence-corrected chi connectivity index (χ3v) is 5.68. The summed E-state index contributed by atoms with van der Waals surface area (Å²) in [7, 11) is 1.63. The monoisotopic (exact) mass is 442 g/mol. The van der Waals surface area contributed by atoms with Crippen molar-refractivity contribution >= 4 is 50.1 Å². The third-order valence-electron chi connectivity index (χ3n) is 3.51.